The maximum Gasteiger partial charge on any atom is 0.119 e. The minimum absolute atomic E-state index is 0.689. The van der Waals surface area contributed by atoms with Crippen LogP contribution in [0.5, 0.6) is 5.75 Å². The molecule has 1 N–H and O–H groups in total. The summed E-state index contributed by atoms with van der Waals surface area (Å²) < 4.78 is 7.32. The predicted molar refractivity (Wildman–Crippen MR) is 76.7 cm³/mol. The zero-order chi connectivity index (χ0) is 13.5. The summed E-state index contributed by atoms with van der Waals surface area (Å²) in [6, 6.07) is 7.97. The summed E-state index contributed by atoms with van der Waals surface area (Å²) >= 11 is 0. The molecule has 0 amide bonds. The van der Waals surface area contributed by atoms with Gasteiger partial charge in [0.15, 0.2) is 0 Å². The quantitative estimate of drug-likeness (QED) is 0.777. The lowest BCUT2D eigenvalue weighted by atomic mass is 10.3. The Kier molecular flexibility index (Phi) is 4.98. The van der Waals surface area contributed by atoms with Gasteiger partial charge in [-0.3, -0.25) is 0 Å². The fourth-order valence-corrected chi connectivity index (χ4v) is 1.86. The molecule has 0 aliphatic heterocycles. The molecule has 0 aliphatic rings. The lowest BCUT2D eigenvalue weighted by molar-refractivity contribution is 0.340. The molecular weight excluding hydrogens is 238 g/mol. The van der Waals surface area contributed by atoms with Crippen molar-refractivity contribution >= 4 is 0 Å². The number of benzene rings is 1. The van der Waals surface area contributed by atoms with Gasteiger partial charge in [0.1, 0.15) is 5.75 Å². The van der Waals surface area contributed by atoms with Crippen LogP contribution < -0.4 is 10.1 Å². The first-order valence-electron chi connectivity index (χ1n) is 6.81. The van der Waals surface area contributed by atoms with Crippen LogP contribution in [0.4, 0.5) is 0 Å². The smallest absolute Gasteiger partial charge is 0.119 e. The number of nitrogens with zero attached hydrogens (tertiary/aromatic N) is 2. The largest absolute Gasteiger partial charge is 0.494 e. The zero-order valence-corrected chi connectivity index (χ0v) is 11.6. The first-order chi connectivity index (χ1) is 9.33. The van der Waals surface area contributed by atoms with Gasteiger partial charge in [-0.2, -0.15) is 5.10 Å². The number of aromatic nitrogens is 2. The molecule has 0 aliphatic carbocycles. The Labute approximate surface area is 114 Å². The molecule has 4 nitrogen and oxygen atoms in total. The van der Waals surface area contributed by atoms with Crippen molar-refractivity contribution in [2.24, 2.45) is 0 Å². The van der Waals surface area contributed by atoms with E-state index in [9.17, 15) is 0 Å². The highest BCUT2D eigenvalue weighted by Crippen LogP contribution is 2.15. The van der Waals surface area contributed by atoms with Crippen LogP contribution in [0.15, 0.2) is 36.7 Å². The van der Waals surface area contributed by atoms with Crippen LogP contribution in [0.1, 0.15) is 25.8 Å². The van der Waals surface area contributed by atoms with Gasteiger partial charge in [-0.15, -0.1) is 0 Å². The van der Waals surface area contributed by atoms with Crippen molar-refractivity contribution in [2.45, 2.75) is 26.8 Å². The molecule has 4 heteroatoms. The maximum absolute atomic E-state index is 5.43. The molecule has 1 heterocycles. The van der Waals surface area contributed by atoms with E-state index in [1.165, 1.54) is 5.56 Å². The van der Waals surface area contributed by atoms with Gasteiger partial charge in [0, 0.05) is 18.3 Å². The molecule has 1 aromatic carbocycles. The molecule has 0 atom stereocenters. The van der Waals surface area contributed by atoms with Crippen LogP contribution in [0.25, 0.3) is 5.69 Å². The normalized spacial score (nSPS) is 10.6. The van der Waals surface area contributed by atoms with Crippen LogP contribution in [-0.4, -0.2) is 22.9 Å². The Morgan fingerprint density at radius 2 is 2.00 bits per heavy atom. The standard InChI is InChI=1S/C15H21N3O/c1-3-9-16-10-13-11-17-18(12-13)14-5-7-15(8-6-14)19-4-2/h5-8,11-12,16H,3-4,9-10H2,1-2H3. The van der Waals surface area contributed by atoms with Gasteiger partial charge in [0.05, 0.1) is 18.5 Å². The van der Waals surface area contributed by atoms with E-state index in [0.717, 1.165) is 30.9 Å². The molecule has 0 spiro atoms. The Balaban J connectivity index is 2.01. The number of nitrogens with one attached hydrogen (secondary N) is 1. The summed E-state index contributed by atoms with van der Waals surface area (Å²) in [5, 5.41) is 7.75. The maximum atomic E-state index is 5.43. The summed E-state index contributed by atoms with van der Waals surface area (Å²) in [6.45, 7) is 6.74. The van der Waals surface area contributed by atoms with Crippen LogP contribution in [0.3, 0.4) is 0 Å². The SMILES string of the molecule is CCCNCc1cnn(-c2ccc(OCC)cc2)c1. The third kappa shape index (κ3) is 3.83. The molecule has 1 aromatic heterocycles. The molecule has 0 unspecified atom stereocenters. The first kappa shape index (κ1) is 13.6. The Bertz CT molecular complexity index is 490. The van der Waals surface area contributed by atoms with Gasteiger partial charge in [-0.25, -0.2) is 4.68 Å². The number of hydrogen-bond acceptors (Lipinski definition) is 3. The molecule has 0 saturated carbocycles. The van der Waals surface area contributed by atoms with E-state index in [1.807, 2.05) is 42.1 Å². The average molecular weight is 259 g/mol. The molecular formula is C15H21N3O. The van der Waals surface area contributed by atoms with E-state index < -0.39 is 0 Å². The zero-order valence-electron chi connectivity index (χ0n) is 11.6. The van der Waals surface area contributed by atoms with Crippen LogP contribution in [0, 0.1) is 0 Å². The van der Waals surface area contributed by atoms with Gasteiger partial charge in [0.2, 0.25) is 0 Å². The van der Waals surface area contributed by atoms with Gasteiger partial charge in [-0.1, -0.05) is 6.92 Å². The minimum Gasteiger partial charge on any atom is -0.494 e. The Hall–Kier alpha value is -1.81. The van der Waals surface area contributed by atoms with Crippen LogP contribution in [-0.2, 0) is 6.54 Å². The summed E-state index contributed by atoms with van der Waals surface area (Å²) in [7, 11) is 0. The van der Waals surface area contributed by atoms with Gasteiger partial charge < -0.3 is 10.1 Å². The molecule has 2 aromatic rings. The topological polar surface area (TPSA) is 39.1 Å². The summed E-state index contributed by atoms with van der Waals surface area (Å²) in [5.41, 5.74) is 2.24. The van der Waals surface area contributed by atoms with E-state index in [2.05, 4.69) is 23.5 Å². The van der Waals surface area contributed by atoms with E-state index in [0.29, 0.717) is 6.61 Å². The van der Waals surface area contributed by atoms with E-state index in [-0.39, 0.29) is 0 Å². The first-order valence-corrected chi connectivity index (χ1v) is 6.81. The molecule has 2 rings (SSSR count). The van der Waals surface area contributed by atoms with Crippen molar-refractivity contribution in [2.75, 3.05) is 13.2 Å². The molecule has 0 radical (unpaired) electrons. The third-order valence-electron chi connectivity index (χ3n) is 2.80. The van der Waals surface area contributed by atoms with Crippen molar-refractivity contribution in [1.29, 1.82) is 0 Å². The highest BCUT2D eigenvalue weighted by Gasteiger charge is 2.01. The second kappa shape index (κ2) is 6.95. The monoisotopic (exact) mass is 259 g/mol. The summed E-state index contributed by atoms with van der Waals surface area (Å²) in [4.78, 5) is 0. The summed E-state index contributed by atoms with van der Waals surface area (Å²) in [5.74, 6) is 0.892. The van der Waals surface area contributed by atoms with Gasteiger partial charge in [0.25, 0.3) is 0 Å². The summed E-state index contributed by atoms with van der Waals surface area (Å²) in [6.07, 6.45) is 5.10. The number of rotatable bonds is 7. The molecule has 19 heavy (non-hydrogen) atoms. The van der Waals surface area contributed by atoms with Gasteiger partial charge >= 0.3 is 0 Å². The number of ether oxygens (including phenoxy) is 1. The Morgan fingerprint density at radius 3 is 2.68 bits per heavy atom. The van der Waals surface area contributed by atoms with Crippen molar-refractivity contribution in [3.63, 3.8) is 0 Å². The second-order valence-electron chi connectivity index (χ2n) is 4.40. The van der Waals surface area contributed by atoms with Crippen molar-refractivity contribution < 1.29 is 4.74 Å². The van der Waals surface area contributed by atoms with Crippen molar-refractivity contribution in [3.05, 3.63) is 42.2 Å². The lowest BCUT2D eigenvalue weighted by Crippen LogP contribution is -2.13. The second-order valence-corrected chi connectivity index (χ2v) is 4.40. The molecule has 0 saturated heterocycles. The molecule has 102 valence electrons. The van der Waals surface area contributed by atoms with E-state index in [1.54, 1.807) is 0 Å². The highest BCUT2D eigenvalue weighted by molar-refractivity contribution is 5.37. The average Bonchev–Trinajstić information content (AvgIpc) is 2.89. The fourth-order valence-electron chi connectivity index (χ4n) is 1.86. The number of hydrogen-bond donors (Lipinski definition) is 1. The predicted octanol–water partition coefficient (Wildman–Crippen LogP) is 2.77. The molecule has 0 fully saturated rings. The lowest BCUT2D eigenvalue weighted by Gasteiger charge is -2.05. The van der Waals surface area contributed by atoms with Crippen LogP contribution >= 0.6 is 0 Å². The van der Waals surface area contributed by atoms with Crippen LogP contribution in [0.2, 0.25) is 0 Å². The Morgan fingerprint density at radius 1 is 1.21 bits per heavy atom. The molecule has 0 bridgehead atoms. The van der Waals surface area contributed by atoms with Gasteiger partial charge in [-0.05, 0) is 44.2 Å². The third-order valence-corrected chi connectivity index (χ3v) is 2.80. The van der Waals surface area contributed by atoms with Crippen molar-refractivity contribution in [3.8, 4) is 11.4 Å². The van der Waals surface area contributed by atoms with Crippen molar-refractivity contribution in [1.82, 2.24) is 15.1 Å². The fraction of sp³-hybridized carbons (Fsp3) is 0.400. The highest BCUT2D eigenvalue weighted by atomic mass is 16.5. The van der Waals surface area contributed by atoms with E-state index in [4.69, 9.17) is 4.74 Å². The van der Waals surface area contributed by atoms with E-state index >= 15 is 0 Å². The minimum atomic E-state index is 0.689.